The Labute approximate surface area is 189 Å². The molecule has 0 radical (unpaired) electrons. The van der Waals surface area contributed by atoms with Crippen LogP contribution in [0.1, 0.15) is 34.7 Å². The molecule has 2 aromatic carbocycles. The number of nitrogens with zero attached hydrogens (tertiary/aromatic N) is 3. The van der Waals surface area contributed by atoms with Crippen molar-refractivity contribution in [1.82, 2.24) is 14.9 Å². The van der Waals surface area contributed by atoms with Crippen LogP contribution in [-0.2, 0) is 16.6 Å². The zero-order chi connectivity index (χ0) is 23.5. The first-order chi connectivity index (χ1) is 15.7. The molecule has 2 aromatic heterocycles. The molecule has 33 heavy (non-hydrogen) atoms. The number of anilines is 1. The number of halogens is 1. The molecule has 0 aliphatic carbocycles. The van der Waals surface area contributed by atoms with E-state index in [-0.39, 0.29) is 24.3 Å². The molecule has 10 heteroatoms. The average Bonchev–Trinajstić information content (AvgIpc) is 3.37. The van der Waals surface area contributed by atoms with Crippen LogP contribution in [0.25, 0.3) is 22.3 Å². The second kappa shape index (κ2) is 7.45. The number of sulfonamides is 1. The number of hydrogen-bond donors (Lipinski definition) is 1. The van der Waals surface area contributed by atoms with Crippen molar-refractivity contribution < 1.29 is 22.0 Å². The molecular formula is C23H21FN4O4S. The Hall–Kier alpha value is -3.66. The van der Waals surface area contributed by atoms with Crippen LogP contribution in [-0.4, -0.2) is 37.2 Å². The van der Waals surface area contributed by atoms with Crippen LogP contribution in [0.5, 0.6) is 0 Å². The zero-order valence-electron chi connectivity index (χ0n) is 18.2. The summed E-state index contributed by atoms with van der Waals surface area (Å²) in [7, 11) is -2.12. The Morgan fingerprint density at radius 3 is 2.64 bits per heavy atom. The van der Waals surface area contributed by atoms with E-state index in [2.05, 4.69) is 10.3 Å². The number of nitrogens with one attached hydrogen (secondary N) is 1. The van der Waals surface area contributed by atoms with Crippen LogP contribution in [0.3, 0.4) is 0 Å². The highest BCUT2D eigenvalue weighted by molar-refractivity contribution is 7.92. The van der Waals surface area contributed by atoms with Crippen LogP contribution < -0.4 is 9.62 Å². The summed E-state index contributed by atoms with van der Waals surface area (Å²) in [6.07, 6.45) is 4.58. The fourth-order valence-electron chi connectivity index (χ4n) is 4.33. The van der Waals surface area contributed by atoms with Crippen LogP contribution in [0.15, 0.2) is 53.2 Å². The summed E-state index contributed by atoms with van der Waals surface area (Å²) in [4.78, 5) is 17.2. The van der Waals surface area contributed by atoms with Gasteiger partial charge in [0.05, 0.1) is 30.1 Å². The summed E-state index contributed by atoms with van der Waals surface area (Å²) in [5.74, 6) is 0.125. The maximum atomic E-state index is 13.5. The predicted octanol–water partition coefficient (Wildman–Crippen LogP) is 3.68. The van der Waals surface area contributed by atoms with E-state index in [9.17, 15) is 17.6 Å². The van der Waals surface area contributed by atoms with Gasteiger partial charge in [0.1, 0.15) is 23.0 Å². The molecule has 3 heterocycles. The van der Waals surface area contributed by atoms with Gasteiger partial charge in [0.15, 0.2) is 0 Å². The third-order valence-electron chi connectivity index (χ3n) is 5.97. The van der Waals surface area contributed by atoms with Crippen LogP contribution in [0.2, 0.25) is 0 Å². The van der Waals surface area contributed by atoms with Crippen molar-refractivity contribution in [2.24, 2.45) is 0 Å². The van der Waals surface area contributed by atoms with Crippen molar-refractivity contribution >= 4 is 32.6 Å². The molecule has 0 saturated carbocycles. The molecule has 0 saturated heterocycles. The van der Waals surface area contributed by atoms with Gasteiger partial charge in [0, 0.05) is 36.5 Å². The summed E-state index contributed by atoms with van der Waals surface area (Å²) < 4.78 is 48.2. The fourth-order valence-corrected chi connectivity index (χ4v) is 5.20. The molecule has 1 atom stereocenters. The fraction of sp³-hybridized carbons (Fsp3) is 0.217. The minimum atomic E-state index is -3.64. The van der Waals surface area contributed by atoms with Gasteiger partial charge >= 0.3 is 0 Å². The highest BCUT2D eigenvalue weighted by Crippen LogP contribution is 2.42. The molecule has 0 fully saturated rings. The Morgan fingerprint density at radius 1 is 1.24 bits per heavy atom. The third kappa shape index (κ3) is 3.37. The van der Waals surface area contributed by atoms with Crippen LogP contribution in [0.4, 0.5) is 10.1 Å². The van der Waals surface area contributed by atoms with Gasteiger partial charge in [-0.05, 0) is 42.8 Å². The number of carbonyl (C=O) groups excluding carboxylic acids is 1. The van der Waals surface area contributed by atoms with E-state index < -0.39 is 15.8 Å². The zero-order valence-corrected chi connectivity index (χ0v) is 19.0. The minimum Gasteiger partial charge on any atom is -0.455 e. The number of fused-ring (bicyclic) bond motifs is 3. The van der Waals surface area contributed by atoms with E-state index in [0.717, 1.165) is 6.26 Å². The Morgan fingerprint density at radius 2 is 1.97 bits per heavy atom. The highest BCUT2D eigenvalue weighted by Gasteiger charge is 2.32. The number of imidazole rings is 1. The smallest absolute Gasteiger partial charge is 0.255 e. The highest BCUT2D eigenvalue weighted by atomic mass is 32.2. The van der Waals surface area contributed by atoms with Crippen molar-refractivity contribution in [3.8, 4) is 11.3 Å². The standard InChI is InChI=1S/C23H21FN4O4S/c1-13-16-10-17-19(11-18(16)28(33(3,30)31)12-20-26-8-9-27(13)20)32-22(21(17)23(29)25-2)14-4-6-15(24)7-5-14/h4-11,13H,12H2,1-3H3,(H,25,29). The number of furan rings is 1. The number of hydrogen-bond acceptors (Lipinski definition) is 5. The number of amides is 1. The first-order valence-electron chi connectivity index (χ1n) is 10.3. The van der Waals surface area contributed by atoms with E-state index in [1.54, 1.807) is 24.5 Å². The minimum absolute atomic E-state index is 0.0719. The molecule has 1 amide bonds. The number of rotatable bonds is 3. The average molecular weight is 469 g/mol. The van der Waals surface area contributed by atoms with Crippen molar-refractivity contribution in [3.63, 3.8) is 0 Å². The van der Waals surface area contributed by atoms with E-state index in [1.807, 2.05) is 11.5 Å². The van der Waals surface area contributed by atoms with Gasteiger partial charge in [-0.2, -0.15) is 0 Å². The molecular weight excluding hydrogens is 447 g/mol. The topological polar surface area (TPSA) is 97.4 Å². The van der Waals surface area contributed by atoms with Gasteiger partial charge in [0.2, 0.25) is 10.0 Å². The van der Waals surface area contributed by atoms with Crippen molar-refractivity contribution in [1.29, 1.82) is 0 Å². The molecule has 1 N–H and O–H groups in total. The molecule has 1 unspecified atom stereocenters. The molecule has 1 aliphatic heterocycles. The van der Waals surface area contributed by atoms with Gasteiger partial charge in [-0.3, -0.25) is 9.10 Å². The maximum Gasteiger partial charge on any atom is 0.255 e. The van der Waals surface area contributed by atoms with Crippen molar-refractivity contribution in [2.45, 2.75) is 19.5 Å². The summed E-state index contributed by atoms with van der Waals surface area (Å²) in [6, 6.07) is 8.85. The first-order valence-corrected chi connectivity index (χ1v) is 12.1. The number of benzene rings is 2. The quantitative estimate of drug-likeness (QED) is 0.495. The summed E-state index contributed by atoms with van der Waals surface area (Å²) >= 11 is 0. The maximum absolute atomic E-state index is 13.5. The number of aromatic nitrogens is 2. The predicted molar refractivity (Wildman–Crippen MR) is 122 cm³/mol. The van der Waals surface area contributed by atoms with Crippen molar-refractivity contribution in [2.75, 3.05) is 17.6 Å². The van der Waals surface area contributed by atoms with Gasteiger partial charge in [0.25, 0.3) is 5.91 Å². The van der Waals surface area contributed by atoms with Gasteiger partial charge in [-0.1, -0.05) is 0 Å². The molecule has 4 aromatic rings. The first kappa shape index (κ1) is 21.2. The normalized spacial score (nSPS) is 15.8. The lowest BCUT2D eigenvalue weighted by molar-refractivity contribution is 0.0964. The lowest BCUT2D eigenvalue weighted by atomic mass is 9.99. The summed E-state index contributed by atoms with van der Waals surface area (Å²) in [5, 5.41) is 3.17. The second-order valence-corrected chi connectivity index (χ2v) is 9.90. The summed E-state index contributed by atoms with van der Waals surface area (Å²) in [6.45, 7) is 2.02. The van der Waals surface area contributed by atoms with E-state index in [4.69, 9.17) is 4.42 Å². The van der Waals surface area contributed by atoms with E-state index in [0.29, 0.717) is 39.2 Å². The lowest BCUT2D eigenvalue weighted by Crippen LogP contribution is -2.29. The summed E-state index contributed by atoms with van der Waals surface area (Å²) in [5.41, 5.74) is 2.36. The monoisotopic (exact) mass is 468 g/mol. The Kier molecular flexibility index (Phi) is 4.78. The second-order valence-electron chi connectivity index (χ2n) is 8.00. The van der Waals surface area contributed by atoms with Gasteiger partial charge in [-0.15, -0.1) is 0 Å². The molecule has 5 rings (SSSR count). The van der Waals surface area contributed by atoms with Gasteiger partial charge in [-0.25, -0.2) is 17.8 Å². The molecule has 0 spiro atoms. The number of carbonyl (C=O) groups is 1. The molecule has 170 valence electrons. The largest absolute Gasteiger partial charge is 0.455 e. The van der Waals surface area contributed by atoms with Gasteiger partial charge < -0.3 is 14.3 Å². The van der Waals surface area contributed by atoms with Crippen LogP contribution in [0, 0.1) is 5.82 Å². The molecule has 0 bridgehead atoms. The lowest BCUT2D eigenvalue weighted by Gasteiger charge is -2.22. The van der Waals surface area contributed by atoms with E-state index in [1.165, 1.54) is 35.6 Å². The van der Waals surface area contributed by atoms with Crippen LogP contribution >= 0.6 is 0 Å². The SMILES string of the molecule is CNC(=O)c1c(-c2ccc(F)cc2)oc2cc3c(cc12)C(C)n1ccnc1CN3S(C)(=O)=O. The Bertz CT molecular complexity index is 1510. The third-order valence-corrected chi connectivity index (χ3v) is 7.09. The van der Waals surface area contributed by atoms with E-state index >= 15 is 0 Å². The molecule has 1 aliphatic rings. The molecule has 8 nitrogen and oxygen atoms in total. The van der Waals surface area contributed by atoms with Crippen molar-refractivity contribution in [3.05, 3.63) is 71.6 Å². The Balaban J connectivity index is 1.83.